The number of rotatable bonds is 3. The topological polar surface area (TPSA) is 66.6 Å². The molecule has 1 aromatic rings. The van der Waals surface area contributed by atoms with Crippen molar-refractivity contribution in [2.75, 3.05) is 25.5 Å². The van der Waals surface area contributed by atoms with E-state index in [1.807, 2.05) is 12.1 Å². The summed E-state index contributed by atoms with van der Waals surface area (Å²) < 4.78 is 26.1. The van der Waals surface area contributed by atoms with Crippen LogP contribution in [0.15, 0.2) is 29.2 Å². The number of hydrogen-bond donors (Lipinski definition) is 1. The Labute approximate surface area is 121 Å². The van der Waals surface area contributed by atoms with E-state index < -0.39 is 10.0 Å². The summed E-state index contributed by atoms with van der Waals surface area (Å²) in [6.07, 6.45) is 1.77. The second-order valence-electron chi connectivity index (χ2n) is 5.58. The van der Waals surface area contributed by atoms with Crippen LogP contribution < -0.4 is 10.6 Å². The lowest BCUT2D eigenvalue weighted by Gasteiger charge is -2.39. The summed E-state index contributed by atoms with van der Waals surface area (Å²) in [5, 5.41) is 0. The summed E-state index contributed by atoms with van der Waals surface area (Å²) in [5.74, 6) is 0. The normalized spacial score (nSPS) is 24.1. The third kappa shape index (κ3) is 2.82. The van der Waals surface area contributed by atoms with Crippen molar-refractivity contribution in [2.45, 2.75) is 36.7 Å². The highest BCUT2D eigenvalue weighted by atomic mass is 32.2. The van der Waals surface area contributed by atoms with Gasteiger partial charge in [0.25, 0.3) is 0 Å². The second-order valence-corrected chi connectivity index (χ2v) is 7.70. The Morgan fingerprint density at radius 3 is 2.55 bits per heavy atom. The molecule has 6 heteroatoms. The molecule has 0 spiro atoms. The highest BCUT2D eigenvalue weighted by molar-refractivity contribution is 7.89. The van der Waals surface area contributed by atoms with Crippen molar-refractivity contribution in [1.82, 2.24) is 4.31 Å². The fraction of sp³-hybridized carbons (Fsp3) is 0.571. The van der Waals surface area contributed by atoms with Gasteiger partial charge in [0.15, 0.2) is 0 Å². The SMILES string of the molecule is CC1CC(N)CCN1c1ccccc1S(=O)(=O)N(C)C. The van der Waals surface area contributed by atoms with Crippen molar-refractivity contribution in [3.63, 3.8) is 0 Å². The highest BCUT2D eigenvalue weighted by Gasteiger charge is 2.29. The van der Waals surface area contributed by atoms with Gasteiger partial charge in [0.1, 0.15) is 4.90 Å². The van der Waals surface area contributed by atoms with Crippen molar-refractivity contribution in [1.29, 1.82) is 0 Å². The van der Waals surface area contributed by atoms with Crippen LogP contribution >= 0.6 is 0 Å². The van der Waals surface area contributed by atoms with E-state index in [4.69, 9.17) is 5.73 Å². The van der Waals surface area contributed by atoms with E-state index >= 15 is 0 Å². The number of para-hydroxylation sites is 1. The van der Waals surface area contributed by atoms with E-state index in [-0.39, 0.29) is 12.1 Å². The molecule has 20 heavy (non-hydrogen) atoms. The molecule has 0 radical (unpaired) electrons. The van der Waals surface area contributed by atoms with Crippen LogP contribution in [0.25, 0.3) is 0 Å². The quantitative estimate of drug-likeness (QED) is 0.912. The van der Waals surface area contributed by atoms with E-state index in [9.17, 15) is 8.42 Å². The first-order valence-corrected chi connectivity index (χ1v) is 8.32. The fourth-order valence-corrected chi connectivity index (χ4v) is 3.77. The summed E-state index contributed by atoms with van der Waals surface area (Å²) in [4.78, 5) is 2.52. The number of nitrogens with zero attached hydrogens (tertiary/aromatic N) is 2. The number of nitrogens with two attached hydrogens (primary N) is 1. The Bertz CT molecular complexity index is 572. The number of anilines is 1. The monoisotopic (exact) mass is 297 g/mol. The molecule has 1 aromatic carbocycles. The van der Waals surface area contributed by atoms with E-state index in [1.165, 1.54) is 4.31 Å². The zero-order chi connectivity index (χ0) is 14.9. The molecule has 2 N–H and O–H groups in total. The molecular formula is C14H23N3O2S. The van der Waals surface area contributed by atoms with E-state index in [1.54, 1.807) is 26.2 Å². The molecule has 2 rings (SSSR count). The first-order valence-electron chi connectivity index (χ1n) is 6.88. The molecule has 2 atom stereocenters. The van der Waals surface area contributed by atoms with Gasteiger partial charge in [-0.15, -0.1) is 0 Å². The van der Waals surface area contributed by atoms with Gasteiger partial charge < -0.3 is 10.6 Å². The molecule has 5 nitrogen and oxygen atoms in total. The molecule has 0 aliphatic carbocycles. The average Bonchev–Trinajstić information content (AvgIpc) is 2.38. The molecule has 112 valence electrons. The van der Waals surface area contributed by atoms with E-state index in [2.05, 4.69) is 11.8 Å². The van der Waals surface area contributed by atoms with Crippen LogP contribution in [0.4, 0.5) is 5.69 Å². The van der Waals surface area contributed by atoms with Crippen molar-refractivity contribution >= 4 is 15.7 Å². The van der Waals surface area contributed by atoms with E-state index in [0.29, 0.717) is 4.90 Å². The lowest BCUT2D eigenvalue weighted by atomic mass is 9.98. The molecule has 1 heterocycles. The summed E-state index contributed by atoms with van der Waals surface area (Å²) in [7, 11) is -0.319. The Morgan fingerprint density at radius 1 is 1.30 bits per heavy atom. The van der Waals surface area contributed by atoms with Crippen LogP contribution in [0.3, 0.4) is 0 Å². The minimum absolute atomic E-state index is 0.207. The van der Waals surface area contributed by atoms with Gasteiger partial charge in [0, 0.05) is 32.7 Å². The minimum atomic E-state index is -3.43. The molecule has 0 amide bonds. The molecule has 0 aromatic heterocycles. The van der Waals surface area contributed by atoms with Crippen LogP contribution in [0.2, 0.25) is 0 Å². The van der Waals surface area contributed by atoms with Crippen LogP contribution in [-0.2, 0) is 10.0 Å². The highest BCUT2D eigenvalue weighted by Crippen LogP contribution is 2.31. The molecular weight excluding hydrogens is 274 g/mol. The van der Waals surface area contributed by atoms with Crippen LogP contribution in [-0.4, -0.2) is 45.4 Å². The molecule has 1 aliphatic rings. The maximum Gasteiger partial charge on any atom is 0.244 e. The van der Waals surface area contributed by atoms with Crippen molar-refractivity contribution in [3.8, 4) is 0 Å². The van der Waals surface area contributed by atoms with E-state index in [0.717, 1.165) is 25.1 Å². The summed E-state index contributed by atoms with van der Waals surface area (Å²) in [6.45, 7) is 2.89. The Balaban J connectivity index is 2.43. The number of benzene rings is 1. The second kappa shape index (κ2) is 5.71. The number of piperidine rings is 1. The summed E-state index contributed by atoms with van der Waals surface area (Å²) in [6, 6.07) is 7.65. The smallest absolute Gasteiger partial charge is 0.244 e. The Kier molecular flexibility index (Phi) is 4.36. The van der Waals surface area contributed by atoms with Crippen molar-refractivity contribution in [2.24, 2.45) is 5.73 Å². The number of sulfonamides is 1. The maximum absolute atomic E-state index is 12.4. The average molecular weight is 297 g/mol. The molecule has 1 aliphatic heterocycles. The van der Waals surface area contributed by atoms with Crippen molar-refractivity contribution in [3.05, 3.63) is 24.3 Å². The maximum atomic E-state index is 12.4. The van der Waals surface area contributed by atoms with Crippen LogP contribution in [0.5, 0.6) is 0 Å². The lowest BCUT2D eigenvalue weighted by molar-refractivity contribution is 0.427. The Morgan fingerprint density at radius 2 is 1.95 bits per heavy atom. The molecule has 2 unspecified atom stereocenters. The third-order valence-electron chi connectivity index (χ3n) is 3.85. The molecule has 0 saturated carbocycles. The van der Waals surface area contributed by atoms with Gasteiger partial charge in [0.05, 0.1) is 5.69 Å². The molecule has 1 fully saturated rings. The van der Waals surface area contributed by atoms with Gasteiger partial charge in [-0.05, 0) is 31.9 Å². The zero-order valence-corrected chi connectivity index (χ0v) is 13.1. The van der Waals surface area contributed by atoms with Crippen LogP contribution in [0.1, 0.15) is 19.8 Å². The first-order chi connectivity index (χ1) is 9.34. The Hall–Kier alpha value is -1.11. The standard InChI is InChI=1S/C14H23N3O2S/c1-11-10-12(15)8-9-17(11)13-6-4-5-7-14(13)20(18,19)16(2)3/h4-7,11-12H,8-10,15H2,1-3H3. The largest absolute Gasteiger partial charge is 0.368 e. The summed E-state index contributed by atoms with van der Waals surface area (Å²) in [5.41, 5.74) is 6.76. The van der Waals surface area contributed by atoms with Gasteiger partial charge in [-0.1, -0.05) is 12.1 Å². The van der Waals surface area contributed by atoms with Gasteiger partial charge in [0.2, 0.25) is 10.0 Å². The predicted molar refractivity (Wildman–Crippen MR) is 81.3 cm³/mol. The molecule has 0 bridgehead atoms. The predicted octanol–water partition coefficient (Wildman–Crippen LogP) is 1.25. The zero-order valence-electron chi connectivity index (χ0n) is 12.3. The van der Waals surface area contributed by atoms with Gasteiger partial charge in [-0.2, -0.15) is 0 Å². The lowest BCUT2D eigenvalue weighted by Crippen LogP contribution is -2.46. The fourth-order valence-electron chi connectivity index (χ4n) is 2.68. The van der Waals surface area contributed by atoms with Crippen molar-refractivity contribution < 1.29 is 8.42 Å². The van der Waals surface area contributed by atoms with Gasteiger partial charge >= 0.3 is 0 Å². The number of hydrogen-bond acceptors (Lipinski definition) is 4. The van der Waals surface area contributed by atoms with Gasteiger partial charge in [-0.3, -0.25) is 0 Å². The minimum Gasteiger partial charge on any atom is -0.368 e. The van der Waals surface area contributed by atoms with Crippen LogP contribution in [0, 0.1) is 0 Å². The summed E-state index contributed by atoms with van der Waals surface area (Å²) >= 11 is 0. The molecule has 1 saturated heterocycles. The first kappa shape index (κ1) is 15.3. The van der Waals surface area contributed by atoms with Gasteiger partial charge in [-0.25, -0.2) is 12.7 Å². The third-order valence-corrected chi connectivity index (χ3v) is 5.71.